The average molecular weight is 308 g/mol. The highest BCUT2D eigenvalue weighted by Gasteiger charge is 2.30. The number of hydrogen-bond donors (Lipinski definition) is 0. The second-order valence-corrected chi connectivity index (χ2v) is 6.32. The summed E-state index contributed by atoms with van der Waals surface area (Å²) in [6, 6.07) is 1.86. The molecule has 2 saturated heterocycles. The van der Waals surface area contributed by atoms with Gasteiger partial charge in [0.05, 0.1) is 18.1 Å². The summed E-state index contributed by atoms with van der Waals surface area (Å²) in [4.78, 5) is 28.5. The molecule has 0 bridgehead atoms. The predicted molar refractivity (Wildman–Crippen MR) is 80.3 cm³/mol. The van der Waals surface area contributed by atoms with Gasteiger partial charge in [0.1, 0.15) is 0 Å². The molecule has 1 aromatic heterocycles. The first kappa shape index (κ1) is 14.5. The molecule has 3 heterocycles. The number of thiophene rings is 1. The van der Waals surface area contributed by atoms with Crippen LogP contribution < -0.4 is 0 Å². The Bertz CT molecular complexity index is 497. The van der Waals surface area contributed by atoms with Crippen LogP contribution in [-0.2, 0) is 9.53 Å². The topological polar surface area (TPSA) is 49.9 Å². The first-order valence-corrected chi connectivity index (χ1v) is 8.38. The fraction of sp³-hybridized carbons (Fsp3) is 0.600. The van der Waals surface area contributed by atoms with E-state index in [-0.39, 0.29) is 17.7 Å². The second kappa shape index (κ2) is 6.58. The lowest BCUT2D eigenvalue weighted by molar-refractivity contribution is -0.135. The summed E-state index contributed by atoms with van der Waals surface area (Å²) in [6.07, 6.45) is 1.67. The van der Waals surface area contributed by atoms with Crippen molar-refractivity contribution in [3.63, 3.8) is 0 Å². The molecule has 1 aromatic rings. The van der Waals surface area contributed by atoms with E-state index in [1.54, 1.807) is 0 Å². The highest BCUT2D eigenvalue weighted by Crippen LogP contribution is 2.18. The molecule has 0 radical (unpaired) electrons. The van der Waals surface area contributed by atoms with Crippen LogP contribution in [0, 0.1) is 5.92 Å². The fourth-order valence-electron chi connectivity index (χ4n) is 2.90. The van der Waals surface area contributed by atoms with E-state index < -0.39 is 0 Å². The van der Waals surface area contributed by atoms with Gasteiger partial charge in [-0.3, -0.25) is 9.59 Å². The summed E-state index contributed by atoms with van der Waals surface area (Å²) in [7, 11) is 0. The van der Waals surface area contributed by atoms with Crippen molar-refractivity contribution in [2.45, 2.75) is 12.8 Å². The number of carbonyl (C=O) groups excluding carboxylic acids is 2. The average Bonchev–Trinajstić information content (AvgIpc) is 3.15. The molecule has 0 aliphatic carbocycles. The van der Waals surface area contributed by atoms with Gasteiger partial charge >= 0.3 is 0 Å². The summed E-state index contributed by atoms with van der Waals surface area (Å²) in [5.41, 5.74) is 0.754. The minimum atomic E-state index is 0.0177. The Balaban J connectivity index is 1.59. The molecule has 2 aliphatic rings. The summed E-state index contributed by atoms with van der Waals surface area (Å²) in [6.45, 7) is 3.95. The van der Waals surface area contributed by atoms with Crippen molar-refractivity contribution in [2.24, 2.45) is 5.92 Å². The first-order chi connectivity index (χ1) is 10.3. The van der Waals surface area contributed by atoms with Crippen LogP contribution >= 0.6 is 11.3 Å². The molecule has 3 rings (SSSR count). The summed E-state index contributed by atoms with van der Waals surface area (Å²) in [5.74, 6) is 0.288. The fourth-order valence-corrected chi connectivity index (χ4v) is 3.53. The lowest BCUT2D eigenvalue weighted by atomic mass is 10.1. The molecule has 0 saturated carbocycles. The largest absolute Gasteiger partial charge is 0.381 e. The highest BCUT2D eigenvalue weighted by molar-refractivity contribution is 7.08. The van der Waals surface area contributed by atoms with E-state index in [1.165, 1.54) is 11.3 Å². The number of amides is 2. The Morgan fingerprint density at radius 3 is 2.71 bits per heavy atom. The normalized spacial score (nSPS) is 23.1. The zero-order valence-corrected chi connectivity index (χ0v) is 12.8. The molecule has 2 fully saturated rings. The van der Waals surface area contributed by atoms with Crippen molar-refractivity contribution < 1.29 is 14.3 Å². The lowest BCUT2D eigenvalue weighted by Gasteiger charge is -2.24. The van der Waals surface area contributed by atoms with E-state index in [0.29, 0.717) is 26.3 Å². The van der Waals surface area contributed by atoms with Crippen molar-refractivity contribution in [2.75, 3.05) is 39.4 Å². The van der Waals surface area contributed by atoms with Crippen LogP contribution in [0.5, 0.6) is 0 Å². The lowest BCUT2D eigenvalue weighted by Crippen LogP contribution is -2.40. The zero-order chi connectivity index (χ0) is 14.7. The van der Waals surface area contributed by atoms with Gasteiger partial charge in [0.2, 0.25) is 5.91 Å². The molecule has 2 amide bonds. The molecule has 6 heteroatoms. The minimum Gasteiger partial charge on any atom is -0.381 e. The van der Waals surface area contributed by atoms with Gasteiger partial charge in [0, 0.05) is 38.2 Å². The predicted octanol–water partition coefficient (Wildman–Crippen LogP) is 1.46. The summed E-state index contributed by atoms with van der Waals surface area (Å²) >= 11 is 1.53. The Kier molecular flexibility index (Phi) is 4.55. The van der Waals surface area contributed by atoms with Crippen molar-refractivity contribution in [1.29, 1.82) is 0 Å². The van der Waals surface area contributed by atoms with Gasteiger partial charge in [-0.2, -0.15) is 11.3 Å². The molecular weight excluding hydrogens is 288 g/mol. The van der Waals surface area contributed by atoms with Crippen LogP contribution in [0.2, 0.25) is 0 Å². The molecule has 5 nitrogen and oxygen atoms in total. The molecule has 1 atom stereocenters. The van der Waals surface area contributed by atoms with Crippen molar-refractivity contribution in [3.05, 3.63) is 22.4 Å². The second-order valence-electron chi connectivity index (χ2n) is 5.54. The molecule has 114 valence electrons. The molecule has 0 N–H and O–H groups in total. The molecule has 21 heavy (non-hydrogen) atoms. The van der Waals surface area contributed by atoms with Crippen LogP contribution in [0.1, 0.15) is 23.2 Å². The SMILES string of the molecule is O=C(c1ccsc1)N1CCCN(C(=O)C2CCOC2)CC1. The molecule has 1 unspecified atom stereocenters. The maximum absolute atomic E-state index is 12.4. The summed E-state index contributed by atoms with van der Waals surface area (Å²) in [5, 5.41) is 3.80. The van der Waals surface area contributed by atoms with Gasteiger partial charge in [-0.25, -0.2) is 0 Å². The quantitative estimate of drug-likeness (QED) is 0.831. The van der Waals surface area contributed by atoms with Crippen molar-refractivity contribution >= 4 is 23.2 Å². The van der Waals surface area contributed by atoms with Gasteiger partial charge < -0.3 is 14.5 Å². The molecule has 0 spiro atoms. The first-order valence-electron chi connectivity index (χ1n) is 7.43. The maximum Gasteiger partial charge on any atom is 0.254 e. The van der Waals surface area contributed by atoms with E-state index in [4.69, 9.17) is 4.74 Å². The number of nitrogens with zero attached hydrogens (tertiary/aromatic N) is 2. The molecule has 2 aliphatic heterocycles. The monoisotopic (exact) mass is 308 g/mol. The summed E-state index contributed by atoms with van der Waals surface area (Å²) < 4.78 is 5.30. The molecule has 0 aromatic carbocycles. The maximum atomic E-state index is 12.4. The van der Waals surface area contributed by atoms with E-state index >= 15 is 0 Å². The van der Waals surface area contributed by atoms with Gasteiger partial charge in [0.25, 0.3) is 5.91 Å². The van der Waals surface area contributed by atoms with Gasteiger partial charge in [-0.05, 0) is 24.3 Å². The van der Waals surface area contributed by atoms with Crippen LogP contribution in [0.3, 0.4) is 0 Å². The standard InChI is InChI=1S/C15H20N2O3S/c18-14(12-2-8-20-10-12)16-4-1-5-17(7-6-16)15(19)13-3-9-21-11-13/h3,9,11-12H,1-2,4-8,10H2. The third-order valence-electron chi connectivity index (χ3n) is 4.14. The Morgan fingerprint density at radius 1 is 1.19 bits per heavy atom. The van der Waals surface area contributed by atoms with E-state index in [2.05, 4.69) is 0 Å². The van der Waals surface area contributed by atoms with Gasteiger partial charge in [-0.1, -0.05) is 0 Å². The Morgan fingerprint density at radius 2 is 2.00 bits per heavy atom. The van der Waals surface area contributed by atoms with Crippen LogP contribution in [-0.4, -0.2) is 61.0 Å². The molecular formula is C15H20N2O3S. The van der Waals surface area contributed by atoms with E-state index in [9.17, 15) is 9.59 Å². The van der Waals surface area contributed by atoms with E-state index in [1.807, 2.05) is 26.6 Å². The van der Waals surface area contributed by atoms with Gasteiger partial charge in [-0.15, -0.1) is 0 Å². The number of carbonyl (C=O) groups is 2. The number of hydrogen-bond acceptors (Lipinski definition) is 4. The van der Waals surface area contributed by atoms with Crippen LogP contribution in [0.25, 0.3) is 0 Å². The van der Waals surface area contributed by atoms with E-state index in [0.717, 1.165) is 31.5 Å². The third-order valence-corrected chi connectivity index (χ3v) is 4.83. The van der Waals surface area contributed by atoms with Crippen LogP contribution in [0.15, 0.2) is 16.8 Å². The minimum absolute atomic E-state index is 0.0177. The van der Waals surface area contributed by atoms with Crippen molar-refractivity contribution in [3.8, 4) is 0 Å². The Hall–Kier alpha value is -1.40. The smallest absolute Gasteiger partial charge is 0.254 e. The third kappa shape index (κ3) is 3.27. The van der Waals surface area contributed by atoms with Crippen molar-refractivity contribution in [1.82, 2.24) is 9.80 Å². The van der Waals surface area contributed by atoms with Crippen LogP contribution in [0.4, 0.5) is 0 Å². The zero-order valence-electron chi connectivity index (χ0n) is 12.0. The van der Waals surface area contributed by atoms with Gasteiger partial charge in [0.15, 0.2) is 0 Å². The number of rotatable bonds is 2. The number of ether oxygens (including phenoxy) is 1. The highest BCUT2D eigenvalue weighted by atomic mass is 32.1. The Labute approximate surface area is 128 Å².